The van der Waals surface area contributed by atoms with Crippen molar-refractivity contribution in [1.82, 2.24) is 19.9 Å². The van der Waals surface area contributed by atoms with Gasteiger partial charge in [0.2, 0.25) is 0 Å². The molecule has 0 unspecified atom stereocenters. The van der Waals surface area contributed by atoms with Gasteiger partial charge in [-0.2, -0.15) is 0 Å². The van der Waals surface area contributed by atoms with Crippen molar-refractivity contribution in [2.75, 3.05) is 6.54 Å². The molecule has 2 aromatic heterocycles. The van der Waals surface area contributed by atoms with E-state index >= 15 is 0 Å². The van der Waals surface area contributed by atoms with Crippen molar-refractivity contribution in [3.8, 4) is 17.1 Å². The highest BCUT2D eigenvalue weighted by Crippen LogP contribution is 2.28. The first-order chi connectivity index (χ1) is 12.6. The number of aromatic nitrogens is 3. The molecular formula is C19H17ClN4O2. The molecule has 3 heterocycles. The van der Waals surface area contributed by atoms with Crippen LogP contribution in [0.25, 0.3) is 11.4 Å². The molecule has 132 valence electrons. The smallest absolute Gasteiger partial charge is 0.254 e. The molecule has 7 heteroatoms. The number of pyridine rings is 1. The Hall–Kier alpha value is -2.70. The Balaban J connectivity index is 1.63. The van der Waals surface area contributed by atoms with E-state index in [4.69, 9.17) is 11.6 Å². The van der Waals surface area contributed by atoms with E-state index in [2.05, 4.69) is 19.9 Å². The summed E-state index contributed by atoms with van der Waals surface area (Å²) in [6.07, 6.45) is 3.99. The van der Waals surface area contributed by atoms with Crippen LogP contribution in [0.1, 0.15) is 16.8 Å². The maximum Gasteiger partial charge on any atom is 0.254 e. The van der Waals surface area contributed by atoms with Gasteiger partial charge in [0, 0.05) is 43.2 Å². The zero-order valence-corrected chi connectivity index (χ0v) is 14.7. The van der Waals surface area contributed by atoms with Crippen molar-refractivity contribution in [2.24, 2.45) is 0 Å². The highest BCUT2D eigenvalue weighted by atomic mass is 35.5. The monoisotopic (exact) mass is 368 g/mol. The predicted octanol–water partition coefficient (Wildman–Crippen LogP) is 2.75. The van der Waals surface area contributed by atoms with E-state index in [1.54, 1.807) is 24.5 Å². The molecule has 0 saturated heterocycles. The van der Waals surface area contributed by atoms with E-state index in [0.717, 1.165) is 28.9 Å². The van der Waals surface area contributed by atoms with Crippen molar-refractivity contribution in [1.29, 1.82) is 0 Å². The Labute approximate surface area is 155 Å². The molecule has 26 heavy (non-hydrogen) atoms. The van der Waals surface area contributed by atoms with E-state index in [1.807, 2.05) is 18.2 Å². The van der Waals surface area contributed by atoms with Crippen LogP contribution in [-0.2, 0) is 19.5 Å². The van der Waals surface area contributed by atoms with Crippen LogP contribution in [0, 0.1) is 0 Å². The van der Waals surface area contributed by atoms with Crippen LogP contribution in [-0.4, -0.2) is 31.5 Å². The number of aromatic amines is 1. The van der Waals surface area contributed by atoms with Crippen LogP contribution in [0.5, 0.6) is 5.75 Å². The van der Waals surface area contributed by atoms with E-state index in [-0.39, 0.29) is 11.3 Å². The van der Waals surface area contributed by atoms with Crippen molar-refractivity contribution >= 4 is 11.6 Å². The summed E-state index contributed by atoms with van der Waals surface area (Å²) in [5.41, 5.74) is 3.04. The second-order valence-corrected chi connectivity index (χ2v) is 6.67. The maximum atomic E-state index is 12.4. The molecule has 4 rings (SSSR count). The molecule has 1 aliphatic rings. The standard InChI is InChI=1S/C19H17ClN4O2/c20-17-13(3-1-5-16(17)25)10-24-8-6-14-15(11-24)22-18(23-19(14)26)12-4-2-7-21-9-12/h1-5,7,9,25H,6,8,10-11H2,(H,22,23,26). The fourth-order valence-electron chi connectivity index (χ4n) is 3.20. The number of fused-ring (bicyclic) bond motifs is 1. The summed E-state index contributed by atoms with van der Waals surface area (Å²) < 4.78 is 0. The number of phenols is 1. The summed E-state index contributed by atoms with van der Waals surface area (Å²) >= 11 is 6.19. The topological polar surface area (TPSA) is 82.1 Å². The number of halogens is 1. The van der Waals surface area contributed by atoms with Crippen molar-refractivity contribution in [3.05, 3.63) is 74.9 Å². The molecule has 0 spiro atoms. The summed E-state index contributed by atoms with van der Waals surface area (Å²) in [4.78, 5) is 26.2. The lowest BCUT2D eigenvalue weighted by Crippen LogP contribution is -2.35. The Morgan fingerprint density at radius 1 is 1.27 bits per heavy atom. The first kappa shape index (κ1) is 16.8. The van der Waals surface area contributed by atoms with Gasteiger partial charge >= 0.3 is 0 Å². The van der Waals surface area contributed by atoms with Gasteiger partial charge in [0.1, 0.15) is 11.6 Å². The Morgan fingerprint density at radius 3 is 2.96 bits per heavy atom. The number of nitrogens with zero attached hydrogens (tertiary/aromatic N) is 3. The van der Waals surface area contributed by atoms with Gasteiger partial charge in [0.15, 0.2) is 0 Å². The summed E-state index contributed by atoms with van der Waals surface area (Å²) in [6.45, 7) is 1.87. The van der Waals surface area contributed by atoms with Crippen LogP contribution < -0.4 is 5.56 Å². The van der Waals surface area contributed by atoms with Gasteiger partial charge < -0.3 is 10.1 Å². The average molecular weight is 369 g/mol. The Kier molecular flexibility index (Phi) is 4.44. The normalized spacial score (nSPS) is 14.2. The Morgan fingerprint density at radius 2 is 2.15 bits per heavy atom. The van der Waals surface area contributed by atoms with E-state index in [0.29, 0.717) is 30.4 Å². The molecule has 2 N–H and O–H groups in total. The highest BCUT2D eigenvalue weighted by Gasteiger charge is 2.22. The fourth-order valence-corrected chi connectivity index (χ4v) is 3.38. The lowest BCUT2D eigenvalue weighted by Gasteiger charge is -2.28. The van der Waals surface area contributed by atoms with Gasteiger partial charge in [-0.3, -0.25) is 14.7 Å². The third-order valence-corrected chi connectivity index (χ3v) is 4.98. The molecule has 3 aromatic rings. The van der Waals surface area contributed by atoms with Gasteiger partial charge in [-0.25, -0.2) is 4.98 Å². The average Bonchev–Trinajstić information content (AvgIpc) is 2.66. The number of phenolic OH excluding ortho intramolecular Hbond substituents is 1. The molecule has 6 nitrogen and oxygen atoms in total. The second-order valence-electron chi connectivity index (χ2n) is 6.29. The van der Waals surface area contributed by atoms with Crippen LogP contribution in [0.15, 0.2) is 47.5 Å². The van der Waals surface area contributed by atoms with Crippen LogP contribution in [0.4, 0.5) is 0 Å². The molecule has 0 amide bonds. The molecule has 0 bridgehead atoms. The summed E-state index contributed by atoms with van der Waals surface area (Å²) in [6, 6.07) is 8.91. The van der Waals surface area contributed by atoms with Crippen LogP contribution in [0.2, 0.25) is 5.02 Å². The quantitative estimate of drug-likeness (QED) is 0.742. The number of hydrogen-bond donors (Lipinski definition) is 2. The highest BCUT2D eigenvalue weighted by molar-refractivity contribution is 6.32. The van der Waals surface area contributed by atoms with Crippen LogP contribution >= 0.6 is 11.6 Å². The lowest BCUT2D eigenvalue weighted by molar-refractivity contribution is 0.240. The number of hydrogen-bond acceptors (Lipinski definition) is 5. The molecule has 1 aliphatic heterocycles. The molecule has 0 atom stereocenters. The third-order valence-electron chi connectivity index (χ3n) is 4.54. The first-order valence-electron chi connectivity index (χ1n) is 8.33. The first-order valence-corrected chi connectivity index (χ1v) is 8.71. The van der Waals surface area contributed by atoms with Gasteiger partial charge in [-0.05, 0) is 30.2 Å². The van der Waals surface area contributed by atoms with Gasteiger partial charge in [0.25, 0.3) is 5.56 Å². The minimum absolute atomic E-state index is 0.0787. The van der Waals surface area contributed by atoms with Crippen molar-refractivity contribution in [3.63, 3.8) is 0 Å². The largest absolute Gasteiger partial charge is 0.506 e. The summed E-state index contributed by atoms with van der Waals surface area (Å²) in [5, 5.41) is 10.1. The number of benzene rings is 1. The number of rotatable bonds is 3. The van der Waals surface area contributed by atoms with E-state index < -0.39 is 0 Å². The van der Waals surface area contributed by atoms with Gasteiger partial charge in [-0.15, -0.1) is 0 Å². The number of nitrogens with one attached hydrogen (secondary N) is 1. The molecule has 0 radical (unpaired) electrons. The summed E-state index contributed by atoms with van der Waals surface area (Å²) in [5.74, 6) is 0.606. The van der Waals surface area contributed by atoms with E-state index in [9.17, 15) is 9.90 Å². The minimum atomic E-state index is -0.0936. The fraction of sp³-hybridized carbons (Fsp3) is 0.211. The third kappa shape index (κ3) is 3.21. The molecular weight excluding hydrogens is 352 g/mol. The maximum absolute atomic E-state index is 12.4. The van der Waals surface area contributed by atoms with E-state index in [1.165, 1.54) is 0 Å². The molecule has 0 fully saturated rings. The number of H-pyrrole nitrogens is 1. The van der Waals surface area contributed by atoms with Crippen molar-refractivity contribution < 1.29 is 5.11 Å². The number of aromatic hydroxyl groups is 1. The van der Waals surface area contributed by atoms with Gasteiger partial charge in [-0.1, -0.05) is 23.7 Å². The predicted molar refractivity (Wildman–Crippen MR) is 99.0 cm³/mol. The van der Waals surface area contributed by atoms with Gasteiger partial charge in [0.05, 0.1) is 10.7 Å². The zero-order chi connectivity index (χ0) is 18.1. The lowest BCUT2D eigenvalue weighted by atomic mass is 10.0. The molecule has 0 aliphatic carbocycles. The SMILES string of the molecule is O=c1[nH]c(-c2cccnc2)nc2c1CCN(Cc1cccc(O)c1Cl)C2. The second kappa shape index (κ2) is 6.90. The summed E-state index contributed by atoms with van der Waals surface area (Å²) in [7, 11) is 0. The van der Waals surface area contributed by atoms with Crippen molar-refractivity contribution in [2.45, 2.75) is 19.5 Å². The zero-order valence-electron chi connectivity index (χ0n) is 13.9. The Bertz CT molecular complexity index is 1000. The molecule has 1 aromatic carbocycles. The van der Waals surface area contributed by atoms with Crippen LogP contribution in [0.3, 0.4) is 0 Å². The minimum Gasteiger partial charge on any atom is -0.506 e. The molecule has 0 saturated carbocycles.